The van der Waals surface area contributed by atoms with Gasteiger partial charge >= 0.3 is 0 Å². The lowest BCUT2D eigenvalue weighted by atomic mass is 10.1. The molecule has 0 fully saturated rings. The van der Waals surface area contributed by atoms with Crippen molar-refractivity contribution in [3.63, 3.8) is 0 Å². The van der Waals surface area contributed by atoms with Crippen molar-refractivity contribution in [1.82, 2.24) is 10.3 Å². The molecule has 0 saturated heterocycles. The molecule has 0 aliphatic heterocycles. The van der Waals surface area contributed by atoms with E-state index in [9.17, 15) is 9.90 Å². The van der Waals surface area contributed by atoms with Crippen LogP contribution in [0.25, 0.3) is 0 Å². The Morgan fingerprint density at radius 2 is 2.10 bits per heavy atom. The summed E-state index contributed by atoms with van der Waals surface area (Å²) in [5.74, 6) is -0.317. The molecule has 1 heterocycles. The zero-order chi connectivity index (χ0) is 14.1. The predicted molar refractivity (Wildman–Crippen MR) is 75.6 cm³/mol. The fourth-order valence-corrected chi connectivity index (χ4v) is 2.58. The fraction of sp³-hybridized carbons (Fsp3) is 0.200. The lowest BCUT2D eigenvalue weighted by molar-refractivity contribution is 0.0853. The van der Waals surface area contributed by atoms with Gasteiger partial charge in [0.25, 0.3) is 5.91 Å². The average Bonchev–Trinajstić information content (AvgIpc) is 2.76. The maximum absolute atomic E-state index is 12.1. The van der Waals surface area contributed by atoms with Crippen LogP contribution in [0.1, 0.15) is 27.7 Å². The Balaban J connectivity index is 1.81. The van der Waals surface area contributed by atoms with Crippen LogP contribution in [-0.2, 0) is 6.42 Å². The second kappa shape index (κ2) is 5.23. The molecule has 102 valence electrons. The summed E-state index contributed by atoms with van der Waals surface area (Å²) in [5.41, 5.74) is 2.31. The minimum atomic E-state index is -0.608. The molecule has 2 atom stereocenters. The Morgan fingerprint density at radius 1 is 1.30 bits per heavy atom. The second-order valence-corrected chi connectivity index (χ2v) is 5.22. The molecule has 1 aliphatic carbocycles. The zero-order valence-corrected chi connectivity index (χ0v) is 11.3. The van der Waals surface area contributed by atoms with E-state index in [4.69, 9.17) is 11.6 Å². The molecule has 2 aromatic rings. The van der Waals surface area contributed by atoms with Crippen LogP contribution in [0, 0.1) is 0 Å². The summed E-state index contributed by atoms with van der Waals surface area (Å²) in [6.45, 7) is 0. The molecule has 1 aromatic carbocycles. The number of fused-ring (bicyclic) bond motifs is 1. The van der Waals surface area contributed by atoms with Gasteiger partial charge in [0.2, 0.25) is 0 Å². The summed E-state index contributed by atoms with van der Waals surface area (Å²) >= 11 is 5.74. The molecule has 1 amide bonds. The summed E-state index contributed by atoms with van der Waals surface area (Å²) < 4.78 is 0. The summed E-state index contributed by atoms with van der Waals surface area (Å²) in [7, 11) is 0. The van der Waals surface area contributed by atoms with Gasteiger partial charge in [-0.15, -0.1) is 0 Å². The highest BCUT2D eigenvalue weighted by Crippen LogP contribution is 2.31. The molecule has 4 nitrogen and oxygen atoms in total. The molecule has 0 radical (unpaired) electrons. The monoisotopic (exact) mass is 288 g/mol. The molecule has 0 saturated carbocycles. The van der Waals surface area contributed by atoms with Crippen molar-refractivity contribution in [3.8, 4) is 0 Å². The Hall–Kier alpha value is -1.91. The first-order valence-corrected chi connectivity index (χ1v) is 6.71. The van der Waals surface area contributed by atoms with Crippen molar-refractivity contribution in [3.05, 3.63) is 64.4 Å². The van der Waals surface area contributed by atoms with Gasteiger partial charge in [-0.2, -0.15) is 0 Å². The van der Waals surface area contributed by atoms with Crippen LogP contribution < -0.4 is 5.32 Å². The van der Waals surface area contributed by atoms with E-state index < -0.39 is 12.1 Å². The Kier molecular flexibility index (Phi) is 3.42. The number of hydrogen-bond donors (Lipinski definition) is 2. The van der Waals surface area contributed by atoms with Gasteiger partial charge in [0.15, 0.2) is 0 Å². The standard InChI is InChI=1S/C15H13ClN2O2/c16-10-5-6-12(17-8-10)15(20)18-14-11-4-2-1-3-9(11)7-13(14)19/h1-6,8,13-14,19H,7H2,(H,18,20)/t13-,14+/m0/s1. The normalized spacial score (nSPS) is 20.5. The van der Waals surface area contributed by atoms with Gasteiger partial charge in [0.1, 0.15) is 5.69 Å². The largest absolute Gasteiger partial charge is 0.390 e. The molecule has 2 N–H and O–H groups in total. The van der Waals surface area contributed by atoms with E-state index >= 15 is 0 Å². The van der Waals surface area contributed by atoms with Crippen LogP contribution in [0.2, 0.25) is 5.02 Å². The minimum Gasteiger partial charge on any atom is -0.390 e. The van der Waals surface area contributed by atoms with E-state index in [-0.39, 0.29) is 11.6 Å². The van der Waals surface area contributed by atoms with Crippen molar-refractivity contribution >= 4 is 17.5 Å². The fourth-order valence-electron chi connectivity index (χ4n) is 2.47. The molecular weight excluding hydrogens is 276 g/mol. The number of carbonyl (C=O) groups excluding carboxylic acids is 1. The summed E-state index contributed by atoms with van der Waals surface area (Å²) in [5, 5.41) is 13.4. The van der Waals surface area contributed by atoms with Gasteiger partial charge in [-0.05, 0) is 23.3 Å². The summed E-state index contributed by atoms with van der Waals surface area (Å²) in [6, 6.07) is 10.5. The van der Waals surface area contributed by atoms with Gasteiger partial charge in [-0.25, -0.2) is 4.98 Å². The SMILES string of the molecule is O=C(N[C@@H]1c2ccccc2C[C@@H]1O)c1ccc(Cl)cn1. The highest BCUT2D eigenvalue weighted by molar-refractivity contribution is 6.30. The predicted octanol–water partition coefficient (Wildman–Crippen LogP) is 2.12. The van der Waals surface area contributed by atoms with Gasteiger partial charge in [0.05, 0.1) is 17.2 Å². The van der Waals surface area contributed by atoms with Crippen molar-refractivity contribution < 1.29 is 9.90 Å². The Labute approximate surface area is 121 Å². The highest BCUT2D eigenvalue weighted by atomic mass is 35.5. The van der Waals surface area contributed by atoms with E-state index in [1.807, 2.05) is 24.3 Å². The van der Waals surface area contributed by atoms with E-state index in [1.54, 1.807) is 12.1 Å². The zero-order valence-electron chi connectivity index (χ0n) is 10.6. The van der Waals surface area contributed by atoms with Crippen molar-refractivity contribution in [2.75, 3.05) is 0 Å². The lowest BCUT2D eigenvalue weighted by Gasteiger charge is -2.17. The Bertz CT molecular complexity index is 643. The second-order valence-electron chi connectivity index (χ2n) is 4.78. The molecule has 1 aromatic heterocycles. The molecule has 5 heteroatoms. The van der Waals surface area contributed by atoms with E-state index in [0.717, 1.165) is 11.1 Å². The minimum absolute atomic E-state index is 0.283. The van der Waals surface area contributed by atoms with Crippen LogP contribution >= 0.6 is 11.6 Å². The molecule has 20 heavy (non-hydrogen) atoms. The van der Waals surface area contributed by atoms with Gasteiger partial charge in [0, 0.05) is 12.6 Å². The molecule has 0 spiro atoms. The van der Waals surface area contributed by atoms with Crippen LogP contribution in [0.3, 0.4) is 0 Å². The van der Waals surface area contributed by atoms with Crippen molar-refractivity contribution in [1.29, 1.82) is 0 Å². The number of nitrogens with zero attached hydrogens (tertiary/aromatic N) is 1. The van der Waals surface area contributed by atoms with Gasteiger partial charge in [-0.3, -0.25) is 4.79 Å². The van der Waals surface area contributed by atoms with Crippen LogP contribution in [0.15, 0.2) is 42.6 Å². The summed E-state index contributed by atoms with van der Waals surface area (Å²) in [6.07, 6.45) is 1.37. The van der Waals surface area contributed by atoms with Crippen LogP contribution in [0.4, 0.5) is 0 Å². The smallest absolute Gasteiger partial charge is 0.270 e. The number of nitrogens with one attached hydrogen (secondary N) is 1. The third-order valence-electron chi connectivity index (χ3n) is 3.45. The highest BCUT2D eigenvalue weighted by Gasteiger charge is 2.32. The van der Waals surface area contributed by atoms with Crippen molar-refractivity contribution in [2.24, 2.45) is 0 Å². The quantitative estimate of drug-likeness (QED) is 0.890. The van der Waals surface area contributed by atoms with E-state index in [0.29, 0.717) is 11.4 Å². The average molecular weight is 289 g/mol. The molecule has 1 aliphatic rings. The van der Waals surface area contributed by atoms with E-state index in [2.05, 4.69) is 10.3 Å². The number of aliphatic hydroxyl groups excluding tert-OH is 1. The van der Waals surface area contributed by atoms with Gasteiger partial charge < -0.3 is 10.4 Å². The third kappa shape index (κ3) is 2.40. The number of aromatic nitrogens is 1. The van der Waals surface area contributed by atoms with Crippen LogP contribution in [-0.4, -0.2) is 22.1 Å². The third-order valence-corrected chi connectivity index (χ3v) is 3.67. The Morgan fingerprint density at radius 3 is 2.85 bits per heavy atom. The number of rotatable bonds is 2. The van der Waals surface area contributed by atoms with Crippen LogP contribution in [0.5, 0.6) is 0 Å². The first-order chi connectivity index (χ1) is 9.65. The maximum atomic E-state index is 12.1. The molecule has 3 rings (SSSR count). The lowest BCUT2D eigenvalue weighted by Crippen LogP contribution is -2.34. The number of pyridine rings is 1. The first kappa shape index (κ1) is 13.1. The number of aliphatic hydroxyl groups is 1. The first-order valence-electron chi connectivity index (χ1n) is 6.33. The number of amides is 1. The summed E-state index contributed by atoms with van der Waals surface area (Å²) in [4.78, 5) is 16.1. The number of halogens is 1. The molecule has 0 bridgehead atoms. The molecule has 0 unspecified atom stereocenters. The molecular formula is C15H13ClN2O2. The van der Waals surface area contributed by atoms with Crippen molar-refractivity contribution in [2.45, 2.75) is 18.6 Å². The number of carbonyl (C=O) groups is 1. The maximum Gasteiger partial charge on any atom is 0.270 e. The number of hydrogen-bond acceptors (Lipinski definition) is 3. The topological polar surface area (TPSA) is 62.2 Å². The van der Waals surface area contributed by atoms with E-state index in [1.165, 1.54) is 6.20 Å². The number of benzene rings is 1. The van der Waals surface area contributed by atoms with Gasteiger partial charge in [-0.1, -0.05) is 35.9 Å².